The molecule has 0 radical (unpaired) electrons. The van der Waals surface area contributed by atoms with E-state index in [1.165, 1.54) is 18.4 Å². The van der Waals surface area contributed by atoms with Gasteiger partial charge in [-0.15, -0.1) is 0 Å². The normalized spacial score (nSPS) is 14.2. The third-order valence-corrected chi connectivity index (χ3v) is 4.64. The fourth-order valence-corrected chi connectivity index (χ4v) is 3.23. The smallest absolute Gasteiger partial charge is 0.137 e. The van der Waals surface area contributed by atoms with Gasteiger partial charge in [0.1, 0.15) is 17.5 Å². The van der Waals surface area contributed by atoms with Crippen LogP contribution in [0.15, 0.2) is 16.8 Å². The van der Waals surface area contributed by atoms with E-state index in [0.717, 1.165) is 36.0 Å². The summed E-state index contributed by atoms with van der Waals surface area (Å²) in [6, 6.07) is 2.84. The number of anilines is 2. The first-order valence-corrected chi connectivity index (χ1v) is 8.50. The van der Waals surface area contributed by atoms with E-state index in [2.05, 4.69) is 45.9 Å². The Morgan fingerprint density at radius 3 is 2.76 bits per heavy atom. The maximum Gasteiger partial charge on any atom is 0.137 e. The van der Waals surface area contributed by atoms with Gasteiger partial charge in [0.05, 0.1) is 0 Å². The van der Waals surface area contributed by atoms with Crippen LogP contribution in [0.5, 0.6) is 0 Å². The van der Waals surface area contributed by atoms with Gasteiger partial charge < -0.3 is 10.2 Å². The van der Waals surface area contributed by atoms with Gasteiger partial charge in [0, 0.05) is 31.6 Å². The minimum Gasteiger partial charge on any atom is -0.373 e. The lowest BCUT2D eigenvalue weighted by Gasteiger charge is -2.26. The molecule has 2 aromatic heterocycles. The Kier molecular flexibility index (Phi) is 4.10. The van der Waals surface area contributed by atoms with E-state index >= 15 is 0 Å². The van der Waals surface area contributed by atoms with Gasteiger partial charge in [-0.25, -0.2) is 9.97 Å². The summed E-state index contributed by atoms with van der Waals surface area (Å²) in [5.41, 5.74) is 2.52. The minimum atomic E-state index is 0.632. The largest absolute Gasteiger partial charge is 0.373 e. The molecule has 0 bridgehead atoms. The highest BCUT2D eigenvalue weighted by molar-refractivity contribution is 7.07. The van der Waals surface area contributed by atoms with Crippen LogP contribution in [0.1, 0.15) is 36.7 Å². The van der Waals surface area contributed by atoms with Crippen molar-refractivity contribution in [3.8, 4) is 0 Å². The van der Waals surface area contributed by atoms with Gasteiger partial charge >= 0.3 is 0 Å². The maximum absolute atomic E-state index is 4.82. The lowest BCUT2D eigenvalue weighted by molar-refractivity contribution is 0.762. The summed E-state index contributed by atoms with van der Waals surface area (Å²) < 4.78 is 0. The third kappa shape index (κ3) is 3.02. The summed E-state index contributed by atoms with van der Waals surface area (Å²) in [5, 5.41) is 7.58. The van der Waals surface area contributed by atoms with E-state index in [-0.39, 0.29) is 0 Å². The summed E-state index contributed by atoms with van der Waals surface area (Å²) >= 11 is 1.76. The van der Waals surface area contributed by atoms with Crippen LogP contribution in [0.3, 0.4) is 0 Å². The summed E-state index contributed by atoms with van der Waals surface area (Å²) in [6.45, 7) is 5.16. The van der Waals surface area contributed by atoms with Crippen molar-refractivity contribution >= 4 is 23.0 Å². The standard InChI is InChI=1S/C16H22N4S/c1-4-14-18-15(17-3)11(2)16(19-14)20(13-5-6-13)9-12-7-8-21-10-12/h7-8,10,13H,4-6,9H2,1-3H3,(H,17,18,19). The van der Waals surface area contributed by atoms with E-state index in [4.69, 9.17) is 4.98 Å². The van der Waals surface area contributed by atoms with Crippen LogP contribution in [-0.2, 0) is 13.0 Å². The molecule has 1 saturated carbocycles. The highest BCUT2D eigenvalue weighted by Crippen LogP contribution is 2.35. The Labute approximate surface area is 130 Å². The Hall–Kier alpha value is -1.62. The predicted molar refractivity (Wildman–Crippen MR) is 89.2 cm³/mol. The molecular formula is C16H22N4S. The van der Waals surface area contributed by atoms with Crippen molar-refractivity contribution in [1.82, 2.24) is 9.97 Å². The number of nitrogens with one attached hydrogen (secondary N) is 1. The lowest BCUT2D eigenvalue weighted by Crippen LogP contribution is -2.27. The summed E-state index contributed by atoms with van der Waals surface area (Å²) in [7, 11) is 1.93. The molecule has 0 atom stereocenters. The highest BCUT2D eigenvalue weighted by atomic mass is 32.1. The zero-order chi connectivity index (χ0) is 14.8. The molecular weight excluding hydrogens is 280 g/mol. The number of rotatable bonds is 6. The Balaban J connectivity index is 1.98. The topological polar surface area (TPSA) is 41.1 Å². The molecule has 0 spiro atoms. The van der Waals surface area contributed by atoms with Crippen LogP contribution in [-0.4, -0.2) is 23.1 Å². The zero-order valence-corrected chi connectivity index (χ0v) is 13.7. The molecule has 4 nitrogen and oxygen atoms in total. The monoisotopic (exact) mass is 302 g/mol. The Morgan fingerprint density at radius 2 is 2.19 bits per heavy atom. The van der Waals surface area contributed by atoms with Crippen LogP contribution in [0.25, 0.3) is 0 Å². The van der Waals surface area contributed by atoms with Gasteiger partial charge in [-0.05, 0) is 42.2 Å². The molecule has 0 amide bonds. The van der Waals surface area contributed by atoms with Crippen molar-refractivity contribution in [2.75, 3.05) is 17.3 Å². The van der Waals surface area contributed by atoms with Crippen molar-refractivity contribution in [3.05, 3.63) is 33.8 Å². The molecule has 1 aliphatic rings. The van der Waals surface area contributed by atoms with Crippen LogP contribution in [0.2, 0.25) is 0 Å². The van der Waals surface area contributed by atoms with Crippen molar-refractivity contribution in [1.29, 1.82) is 0 Å². The van der Waals surface area contributed by atoms with Crippen molar-refractivity contribution < 1.29 is 0 Å². The molecule has 0 unspecified atom stereocenters. The average molecular weight is 302 g/mol. The molecule has 2 aromatic rings. The van der Waals surface area contributed by atoms with Gasteiger partial charge in [0.25, 0.3) is 0 Å². The quantitative estimate of drug-likeness (QED) is 0.885. The number of hydrogen-bond acceptors (Lipinski definition) is 5. The third-order valence-electron chi connectivity index (χ3n) is 3.91. The lowest BCUT2D eigenvalue weighted by atomic mass is 10.2. The van der Waals surface area contributed by atoms with Crippen LogP contribution < -0.4 is 10.2 Å². The zero-order valence-electron chi connectivity index (χ0n) is 12.9. The van der Waals surface area contributed by atoms with Crippen LogP contribution >= 0.6 is 11.3 Å². The number of aromatic nitrogens is 2. The highest BCUT2D eigenvalue weighted by Gasteiger charge is 2.31. The van der Waals surface area contributed by atoms with E-state index in [1.807, 2.05) is 7.05 Å². The second-order valence-electron chi connectivity index (χ2n) is 5.53. The van der Waals surface area contributed by atoms with Gasteiger partial charge in [-0.1, -0.05) is 6.92 Å². The molecule has 0 saturated heterocycles. The second-order valence-corrected chi connectivity index (χ2v) is 6.31. The van der Waals surface area contributed by atoms with Crippen LogP contribution in [0, 0.1) is 6.92 Å². The van der Waals surface area contributed by atoms with Crippen LogP contribution in [0.4, 0.5) is 11.6 Å². The minimum absolute atomic E-state index is 0.632. The molecule has 1 aliphatic carbocycles. The van der Waals surface area contributed by atoms with E-state index in [1.54, 1.807) is 11.3 Å². The van der Waals surface area contributed by atoms with Crippen molar-refractivity contribution in [3.63, 3.8) is 0 Å². The fraction of sp³-hybridized carbons (Fsp3) is 0.500. The molecule has 0 aromatic carbocycles. The molecule has 3 rings (SSSR count). The molecule has 112 valence electrons. The number of nitrogens with zero attached hydrogens (tertiary/aromatic N) is 3. The number of aryl methyl sites for hydroxylation is 1. The first kappa shape index (κ1) is 14.3. The molecule has 1 N–H and O–H groups in total. The molecule has 5 heteroatoms. The molecule has 21 heavy (non-hydrogen) atoms. The van der Waals surface area contributed by atoms with E-state index < -0.39 is 0 Å². The SMILES string of the molecule is CCc1nc(NC)c(C)c(N(Cc2ccsc2)C2CC2)n1. The van der Waals surface area contributed by atoms with Gasteiger partial charge in [0.15, 0.2) is 0 Å². The number of thiophene rings is 1. The summed E-state index contributed by atoms with van der Waals surface area (Å²) in [5.74, 6) is 2.96. The summed E-state index contributed by atoms with van der Waals surface area (Å²) in [6.07, 6.45) is 3.40. The van der Waals surface area contributed by atoms with Gasteiger partial charge in [-0.2, -0.15) is 11.3 Å². The molecule has 2 heterocycles. The average Bonchev–Trinajstić information content (AvgIpc) is 3.22. The molecule has 1 fully saturated rings. The maximum atomic E-state index is 4.82. The van der Waals surface area contributed by atoms with E-state index in [0.29, 0.717) is 6.04 Å². The van der Waals surface area contributed by atoms with Gasteiger partial charge in [-0.3, -0.25) is 0 Å². The first-order valence-electron chi connectivity index (χ1n) is 7.56. The van der Waals surface area contributed by atoms with E-state index in [9.17, 15) is 0 Å². The summed E-state index contributed by atoms with van der Waals surface area (Å²) in [4.78, 5) is 11.9. The second kappa shape index (κ2) is 6.02. The fourth-order valence-electron chi connectivity index (χ4n) is 2.57. The van der Waals surface area contributed by atoms with Crippen molar-refractivity contribution in [2.45, 2.75) is 45.7 Å². The predicted octanol–water partition coefficient (Wildman–Crippen LogP) is 3.62. The van der Waals surface area contributed by atoms with Crippen molar-refractivity contribution in [2.24, 2.45) is 0 Å². The molecule has 0 aliphatic heterocycles. The Morgan fingerprint density at radius 1 is 1.38 bits per heavy atom. The number of hydrogen-bond donors (Lipinski definition) is 1. The first-order chi connectivity index (χ1) is 10.2. The van der Waals surface area contributed by atoms with Gasteiger partial charge in [0.2, 0.25) is 0 Å². The Bertz CT molecular complexity index is 605.